The Bertz CT molecular complexity index is 818. The first-order valence-electron chi connectivity index (χ1n) is 9.96. The van der Waals surface area contributed by atoms with Gasteiger partial charge in [-0.1, -0.05) is 93.6 Å². The van der Waals surface area contributed by atoms with Crippen molar-refractivity contribution in [1.82, 2.24) is 0 Å². The predicted octanol–water partition coefficient (Wildman–Crippen LogP) is 3.04. The van der Waals surface area contributed by atoms with Gasteiger partial charge < -0.3 is 14.3 Å². The maximum absolute atomic E-state index is 12.7. The molecule has 1 aliphatic carbocycles. The van der Waals surface area contributed by atoms with Crippen LogP contribution in [0.2, 0.25) is 5.04 Å². The summed E-state index contributed by atoms with van der Waals surface area (Å²) < 4.78 is 12.0. The largest absolute Gasteiger partial charge is 0.468 e. The van der Waals surface area contributed by atoms with Crippen molar-refractivity contribution in [2.75, 3.05) is 13.7 Å². The highest BCUT2D eigenvalue weighted by Gasteiger charge is 2.53. The van der Waals surface area contributed by atoms with Gasteiger partial charge >= 0.3 is 5.97 Å². The van der Waals surface area contributed by atoms with E-state index in [0.717, 1.165) is 10.4 Å². The molecule has 5 heteroatoms. The van der Waals surface area contributed by atoms with Crippen LogP contribution in [0.3, 0.4) is 0 Å². The number of hydrogen-bond donors (Lipinski definition) is 1. The second-order valence-electron chi connectivity index (χ2n) is 8.73. The third kappa shape index (κ3) is 3.95. The predicted molar refractivity (Wildman–Crippen MR) is 118 cm³/mol. The van der Waals surface area contributed by atoms with E-state index in [0.29, 0.717) is 0 Å². The van der Waals surface area contributed by atoms with Crippen LogP contribution in [-0.4, -0.2) is 39.2 Å². The van der Waals surface area contributed by atoms with Crippen molar-refractivity contribution in [1.29, 1.82) is 0 Å². The summed E-state index contributed by atoms with van der Waals surface area (Å²) in [7, 11) is -1.39. The second-order valence-corrected chi connectivity index (χ2v) is 13.0. The molecule has 1 N–H and O–H groups in total. The highest BCUT2D eigenvalue weighted by Crippen LogP contribution is 2.40. The lowest BCUT2D eigenvalue weighted by atomic mass is 9.88. The van der Waals surface area contributed by atoms with E-state index in [4.69, 9.17) is 9.16 Å². The third-order valence-electron chi connectivity index (χ3n) is 5.77. The molecule has 29 heavy (non-hydrogen) atoms. The first kappa shape index (κ1) is 21.5. The molecule has 0 saturated heterocycles. The molecule has 0 spiro atoms. The van der Waals surface area contributed by atoms with Crippen LogP contribution in [0.25, 0.3) is 0 Å². The molecule has 0 saturated carbocycles. The molecule has 1 aliphatic rings. The molecule has 0 bridgehead atoms. The molecule has 0 aliphatic heterocycles. The second kappa shape index (κ2) is 8.26. The normalized spacial score (nSPS) is 21.9. The maximum Gasteiger partial charge on any atom is 0.318 e. The summed E-state index contributed by atoms with van der Waals surface area (Å²) in [5.41, 5.74) is -0.971. The van der Waals surface area contributed by atoms with E-state index in [2.05, 4.69) is 45.0 Å². The third-order valence-corrected chi connectivity index (χ3v) is 10.7. The van der Waals surface area contributed by atoms with Crippen molar-refractivity contribution >= 4 is 24.7 Å². The lowest BCUT2D eigenvalue weighted by Gasteiger charge is -2.44. The number of hydrogen-bond acceptors (Lipinski definition) is 4. The SMILES string of the molecule is COC(=O)[C@@]1(CO[Si](c2ccccc2)(c2ccccc2)C(C)(C)C)C=C[C@H](O)C1. The molecule has 0 aromatic heterocycles. The van der Waals surface area contributed by atoms with Crippen LogP contribution in [0.15, 0.2) is 72.8 Å². The molecule has 0 radical (unpaired) electrons. The van der Waals surface area contributed by atoms with E-state index in [9.17, 15) is 9.90 Å². The van der Waals surface area contributed by atoms with Crippen molar-refractivity contribution in [3.63, 3.8) is 0 Å². The lowest BCUT2D eigenvalue weighted by molar-refractivity contribution is -0.152. The van der Waals surface area contributed by atoms with Gasteiger partial charge in [0, 0.05) is 0 Å². The minimum absolute atomic E-state index is 0.167. The van der Waals surface area contributed by atoms with E-state index >= 15 is 0 Å². The van der Waals surface area contributed by atoms with E-state index in [1.54, 1.807) is 12.2 Å². The Hall–Kier alpha value is -2.21. The van der Waals surface area contributed by atoms with Crippen LogP contribution < -0.4 is 10.4 Å². The average Bonchev–Trinajstić information content (AvgIpc) is 3.10. The fourth-order valence-corrected chi connectivity index (χ4v) is 8.95. The zero-order valence-electron chi connectivity index (χ0n) is 17.6. The average molecular weight is 411 g/mol. The molecule has 2 aromatic rings. The number of ether oxygens (including phenoxy) is 1. The number of aliphatic hydroxyl groups is 1. The standard InChI is InChI=1S/C24H30O4Si/c1-23(2,3)29(20-11-7-5-8-12-20,21-13-9-6-10-14-21)28-18-24(22(26)27-4)16-15-19(25)17-24/h5-16,19,25H,17-18H2,1-4H3/t19-,24-/m0/s1. The highest BCUT2D eigenvalue weighted by atomic mass is 28.4. The van der Waals surface area contributed by atoms with E-state index in [1.807, 2.05) is 36.4 Å². The Morgan fingerprint density at radius 1 is 1.07 bits per heavy atom. The molecular weight excluding hydrogens is 380 g/mol. The molecule has 0 fully saturated rings. The molecule has 2 atom stereocenters. The maximum atomic E-state index is 12.7. The van der Waals surface area contributed by atoms with Crippen molar-refractivity contribution in [2.45, 2.75) is 38.3 Å². The van der Waals surface area contributed by atoms with Crippen LogP contribution in [-0.2, 0) is 14.0 Å². The zero-order chi connectivity index (χ0) is 21.1. The van der Waals surface area contributed by atoms with Crippen LogP contribution in [0.1, 0.15) is 27.2 Å². The number of carbonyl (C=O) groups excluding carboxylic acids is 1. The van der Waals surface area contributed by atoms with Crippen LogP contribution in [0.4, 0.5) is 0 Å². The van der Waals surface area contributed by atoms with Gasteiger partial charge in [-0.3, -0.25) is 4.79 Å². The van der Waals surface area contributed by atoms with Crippen molar-refractivity contribution < 1.29 is 19.1 Å². The summed E-state index contributed by atoms with van der Waals surface area (Å²) in [6.07, 6.45) is 3.02. The van der Waals surface area contributed by atoms with Gasteiger partial charge in [0.05, 0.1) is 19.8 Å². The van der Waals surface area contributed by atoms with Gasteiger partial charge in [-0.15, -0.1) is 0 Å². The summed E-state index contributed by atoms with van der Waals surface area (Å²) in [6, 6.07) is 20.6. The molecule has 0 heterocycles. The number of aliphatic hydroxyl groups excluding tert-OH is 1. The van der Waals surface area contributed by atoms with Gasteiger partial charge in [-0.25, -0.2) is 0 Å². The summed E-state index contributed by atoms with van der Waals surface area (Å²) in [5, 5.41) is 12.2. The van der Waals surface area contributed by atoms with Gasteiger partial charge in [-0.05, 0) is 21.8 Å². The molecular formula is C24H30O4Si. The topological polar surface area (TPSA) is 55.8 Å². The van der Waals surface area contributed by atoms with Crippen LogP contribution >= 0.6 is 0 Å². The molecule has 0 unspecified atom stereocenters. The zero-order valence-corrected chi connectivity index (χ0v) is 18.6. The molecule has 4 nitrogen and oxygen atoms in total. The first-order valence-corrected chi connectivity index (χ1v) is 11.9. The number of methoxy groups -OCH3 is 1. The van der Waals surface area contributed by atoms with Crippen molar-refractivity contribution in [3.8, 4) is 0 Å². The minimum Gasteiger partial charge on any atom is -0.468 e. The van der Waals surface area contributed by atoms with E-state index < -0.39 is 19.8 Å². The van der Waals surface area contributed by atoms with Gasteiger partial charge in [-0.2, -0.15) is 0 Å². The lowest BCUT2D eigenvalue weighted by Crippen LogP contribution is -2.67. The highest BCUT2D eigenvalue weighted by molar-refractivity contribution is 6.99. The Morgan fingerprint density at radius 3 is 1.97 bits per heavy atom. The van der Waals surface area contributed by atoms with Crippen LogP contribution in [0, 0.1) is 5.41 Å². The van der Waals surface area contributed by atoms with E-state index in [-0.39, 0.29) is 24.0 Å². The fraction of sp³-hybridized carbons (Fsp3) is 0.375. The summed E-state index contributed by atoms with van der Waals surface area (Å²) >= 11 is 0. The molecule has 154 valence electrons. The van der Waals surface area contributed by atoms with E-state index in [1.165, 1.54) is 7.11 Å². The van der Waals surface area contributed by atoms with Gasteiger partial charge in [0.15, 0.2) is 0 Å². The fourth-order valence-electron chi connectivity index (χ4n) is 4.32. The number of carbonyl (C=O) groups is 1. The smallest absolute Gasteiger partial charge is 0.318 e. The number of benzene rings is 2. The number of esters is 1. The molecule has 2 aromatic carbocycles. The first-order chi connectivity index (χ1) is 13.7. The monoisotopic (exact) mass is 410 g/mol. The van der Waals surface area contributed by atoms with Gasteiger partial charge in [0.2, 0.25) is 0 Å². The molecule has 0 amide bonds. The Kier molecular flexibility index (Phi) is 6.12. The summed E-state index contributed by atoms with van der Waals surface area (Å²) in [6.45, 7) is 6.76. The van der Waals surface area contributed by atoms with Crippen LogP contribution in [0.5, 0.6) is 0 Å². The molecule has 3 rings (SSSR count). The minimum atomic E-state index is -2.77. The van der Waals surface area contributed by atoms with Gasteiger partial charge in [0.1, 0.15) is 5.41 Å². The van der Waals surface area contributed by atoms with Crippen molar-refractivity contribution in [3.05, 3.63) is 72.8 Å². The summed E-state index contributed by atoms with van der Waals surface area (Å²) in [4.78, 5) is 12.7. The Morgan fingerprint density at radius 2 is 1.59 bits per heavy atom. The Balaban J connectivity index is 2.11. The quantitative estimate of drug-likeness (QED) is 0.452. The number of rotatable bonds is 6. The Labute approximate surface area is 174 Å². The van der Waals surface area contributed by atoms with Gasteiger partial charge in [0.25, 0.3) is 8.32 Å². The summed E-state index contributed by atoms with van der Waals surface area (Å²) in [5.74, 6) is -0.372. The van der Waals surface area contributed by atoms with Crippen molar-refractivity contribution in [2.24, 2.45) is 5.41 Å².